The summed E-state index contributed by atoms with van der Waals surface area (Å²) < 4.78 is 13.7. The normalized spacial score (nSPS) is 11.9. The molecule has 0 aliphatic rings. The van der Waals surface area contributed by atoms with Crippen molar-refractivity contribution in [2.75, 3.05) is 16.8 Å². The molecule has 110 valence electrons. The molecule has 2 aromatic carbocycles. The molecule has 1 atom stereocenters. The molecule has 21 heavy (non-hydrogen) atoms. The lowest BCUT2D eigenvalue weighted by Crippen LogP contribution is -2.19. The van der Waals surface area contributed by atoms with E-state index >= 15 is 0 Å². The Labute approximate surface area is 141 Å². The zero-order valence-electron chi connectivity index (χ0n) is 10.8. The van der Waals surface area contributed by atoms with E-state index in [9.17, 15) is 9.00 Å². The number of amides is 1. The molecule has 0 saturated heterocycles. The number of rotatable bonds is 4. The van der Waals surface area contributed by atoms with Gasteiger partial charge in [-0.2, -0.15) is 0 Å². The number of nitrogens with one attached hydrogen (secondary N) is 1. The Hall–Kier alpha value is -1.18. The maximum Gasteiger partial charge on any atom is 0.237 e. The Balaban J connectivity index is 2.04. The van der Waals surface area contributed by atoms with E-state index in [0.717, 1.165) is 4.47 Å². The number of nitrogens with two attached hydrogens (primary N) is 1. The summed E-state index contributed by atoms with van der Waals surface area (Å²) >= 11 is 6.63. The highest BCUT2D eigenvalue weighted by Crippen LogP contribution is 2.23. The number of carbonyl (C=O) groups is 1. The predicted octanol–water partition coefficient (Wildman–Crippen LogP) is 3.54. The lowest BCUT2D eigenvalue weighted by molar-refractivity contribution is -0.113. The average molecular weight is 432 g/mol. The van der Waals surface area contributed by atoms with Crippen LogP contribution in [0.4, 0.5) is 11.4 Å². The van der Waals surface area contributed by atoms with Crippen LogP contribution in [0.25, 0.3) is 0 Å². The molecule has 0 heterocycles. The van der Waals surface area contributed by atoms with Crippen molar-refractivity contribution in [2.45, 2.75) is 4.90 Å². The van der Waals surface area contributed by atoms with Crippen molar-refractivity contribution in [2.24, 2.45) is 0 Å². The highest BCUT2D eigenvalue weighted by Gasteiger charge is 2.13. The molecule has 0 radical (unpaired) electrons. The minimum atomic E-state index is -1.44. The van der Waals surface area contributed by atoms with Crippen molar-refractivity contribution in [1.29, 1.82) is 0 Å². The molecule has 3 N–H and O–H groups in total. The van der Waals surface area contributed by atoms with E-state index in [1.807, 2.05) is 12.1 Å². The Morgan fingerprint density at radius 1 is 1.19 bits per heavy atom. The number of carbonyl (C=O) groups excluding carboxylic acids is 1. The largest absolute Gasteiger partial charge is 0.399 e. The molecule has 0 spiro atoms. The predicted molar refractivity (Wildman–Crippen MR) is 92.6 cm³/mol. The lowest BCUT2D eigenvalue weighted by Gasteiger charge is -2.07. The van der Waals surface area contributed by atoms with Crippen LogP contribution in [0.15, 0.2) is 56.3 Å². The van der Waals surface area contributed by atoms with Crippen LogP contribution in [0.2, 0.25) is 0 Å². The SMILES string of the molecule is Nc1ccc(S(=O)CC(=O)Nc2cccc(Br)c2)c(Br)c1. The first-order valence-electron chi connectivity index (χ1n) is 5.94. The van der Waals surface area contributed by atoms with E-state index in [0.29, 0.717) is 20.7 Å². The van der Waals surface area contributed by atoms with E-state index < -0.39 is 10.8 Å². The van der Waals surface area contributed by atoms with E-state index in [-0.39, 0.29) is 11.7 Å². The van der Waals surface area contributed by atoms with Crippen molar-refractivity contribution in [3.8, 4) is 0 Å². The minimum Gasteiger partial charge on any atom is -0.399 e. The van der Waals surface area contributed by atoms with E-state index in [2.05, 4.69) is 37.2 Å². The number of nitrogen functional groups attached to an aromatic ring is 1. The summed E-state index contributed by atoms with van der Waals surface area (Å²) in [4.78, 5) is 12.5. The van der Waals surface area contributed by atoms with E-state index in [1.54, 1.807) is 30.3 Å². The van der Waals surface area contributed by atoms with Crippen LogP contribution in [0.5, 0.6) is 0 Å². The maximum absolute atomic E-state index is 12.2. The van der Waals surface area contributed by atoms with Crippen molar-refractivity contribution in [1.82, 2.24) is 0 Å². The number of anilines is 2. The van der Waals surface area contributed by atoms with Crippen molar-refractivity contribution < 1.29 is 9.00 Å². The topological polar surface area (TPSA) is 72.2 Å². The smallest absolute Gasteiger partial charge is 0.237 e. The molecule has 2 rings (SSSR count). The van der Waals surface area contributed by atoms with Gasteiger partial charge in [-0.25, -0.2) is 0 Å². The molecule has 2 aromatic rings. The number of halogens is 2. The van der Waals surface area contributed by atoms with Gasteiger partial charge in [0.1, 0.15) is 5.75 Å². The van der Waals surface area contributed by atoms with E-state index in [1.165, 1.54) is 0 Å². The second-order valence-corrected chi connectivity index (χ2v) is 7.43. The zero-order valence-corrected chi connectivity index (χ0v) is 14.8. The minimum absolute atomic E-state index is 0.116. The van der Waals surface area contributed by atoms with Crippen molar-refractivity contribution >= 4 is 59.9 Å². The van der Waals surface area contributed by atoms with Gasteiger partial charge in [-0.15, -0.1) is 0 Å². The number of hydrogen-bond acceptors (Lipinski definition) is 3. The summed E-state index contributed by atoms with van der Waals surface area (Å²) in [5, 5.41) is 2.71. The van der Waals surface area contributed by atoms with Crippen molar-refractivity contribution in [3.63, 3.8) is 0 Å². The third-order valence-corrected chi connectivity index (χ3v) is 5.35. The quantitative estimate of drug-likeness (QED) is 0.727. The first-order chi connectivity index (χ1) is 9.95. The summed E-state index contributed by atoms with van der Waals surface area (Å²) in [6.45, 7) is 0. The Bertz CT molecular complexity index is 707. The second kappa shape index (κ2) is 7.20. The van der Waals surface area contributed by atoms with Crippen LogP contribution in [0, 0.1) is 0 Å². The third-order valence-electron chi connectivity index (χ3n) is 2.57. The zero-order chi connectivity index (χ0) is 15.4. The monoisotopic (exact) mass is 430 g/mol. The molecule has 4 nitrogen and oxygen atoms in total. The molecule has 0 aromatic heterocycles. The summed E-state index contributed by atoms with van der Waals surface area (Å²) in [6, 6.07) is 12.2. The Morgan fingerprint density at radius 2 is 1.95 bits per heavy atom. The molecule has 0 aliphatic heterocycles. The molecule has 7 heteroatoms. The van der Waals surface area contributed by atoms with Crippen LogP contribution in [0.1, 0.15) is 0 Å². The van der Waals surface area contributed by atoms with Crippen LogP contribution < -0.4 is 11.1 Å². The maximum atomic E-state index is 12.2. The molecular weight excluding hydrogens is 420 g/mol. The van der Waals surface area contributed by atoms with Gasteiger partial charge in [-0.3, -0.25) is 9.00 Å². The van der Waals surface area contributed by atoms with Crippen molar-refractivity contribution in [3.05, 3.63) is 51.4 Å². The second-order valence-electron chi connectivity index (χ2n) is 4.24. The van der Waals surface area contributed by atoms with Gasteiger partial charge in [0.25, 0.3) is 0 Å². The lowest BCUT2D eigenvalue weighted by atomic mass is 10.3. The standard InChI is InChI=1S/C14H12Br2N2O2S/c15-9-2-1-3-11(6-9)18-14(19)8-21(20)13-5-4-10(17)7-12(13)16/h1-7H,8,17H2,(H,18,19). The number of benzene rings is 2. The third kappa shape index (κ3) is 4.66. The van der Waals surface area contributed by atoms with Crippen LogP contribution in [0.3, 0.4) is 0 Å². The van der Waals surface area contributed by atoms with Gasteiger partial charge >= 0.3 is 0 Å². The highest BCUT2D eigenvalue weighted by atomic mass is 79.9. The summed E-state index contributed by atoms with van der Waals surface area (Å²) in [5.74, 6) is -0.426. The first kappa shape index (κ1) is 16.2. The Morgan fingerprint density at radius 3 is 2.62 bits per heavy atom. The summed E-state index contributed by atoms with van der Waals surface area (Å²) in [7, 11) is -1.44. The Kier molecular flexibility index (Phi) is 5.55. The van der Waals surface area contributed by atoms with Gasteiger partial charge in [0.15, 0.2) is 0 Å². The van der Waals surface area contributed by atoms with Gasteiger partial charge in [-0.1, -0.05) is 22.0 Å². The van der Waals surface area contributed by atoms with Crippen LogP contribution in [-0.2, 0) is 15.6 Å². The molecule has 0 fully saturated rings. The molecule has 1 amide bonds. The fourth-order valence-electron chi connectivity index (χ4n) is 1.66. The summed E-state index contributed by atoms with van der Waals surface area (Å²) in [6.07, 6.45) is 0. The summed E-state index contributed by atoms with van der Waals surface area (Å²) in [5.41, 5.74) is 6.86. The van der Waals surface area contributed by atoms with Gasteiger partial charge < -0.3 is 11.1 Å². The first-order valence-corrected chi connectivity index (χ1v) is 8.85. The molecule has 0 bridgehead atoms. The van der Waals surface area contributed by atoms with Gasteiger partial charge in [0.2, 0.25) is 5.91 Å². The van der Waals surface area contributed by atoms with Crippen LogP contribution >= 0.6 is 31.9 Å². The number of hydrogen-bond donors (Lipinski definition) is 2. The molecule has 0 saturated carbocycles. The fourth-order valence-corrected chi connectivity index (χ4v) is 3.96. The van der Waals surface area contributed by atoms with Crippen LogP contribution in [-0.4, -0.2) is 15.9 Å². The molecule has 0 aliphatic carbocycles. The fraction of sp³-hybridized carbons (Fsp3) is 0.0714. The molecular formula is C14H12Br2N2O2S. The average Bonchev–Trinajstić information content (AvgIpc) is 2.38. The van der Waals surface area contributed by atoms with Gasteiger partial charge in [0.05, 0.1) is 15.7 Å². The van der Waals surface area contributed by atoms with E-state index in [4.69, 9.17) is 5.73 Å². The highest BCUT2D eigenvalue weighted by molar-refractivity contribution is 9.10. The molecule has 1 unspecified atom stereocenters. The van der Waals surface area contributed by atoms with Gasteiger partial charge in [-0.05, 0) is 52.3 Å². The van der Waals surface area contributed by atoms with Gasteiger partial charge in [0, 0.05) is 20.3 Å².